The first-order valence-electron chi connectivity index (χ1n) is 13.3. The van der Waals surface area contributed by atoms with Gasteiger partial charge in [-0.15, -0.1) is 9.62 Å². The Bertz CT molecular complexity index is 1860. The highest BCUT2D eigenvalue weighted by Gasteiger charge is 2.33. The predicted molar refractivity (Wildman–Crippen MR) is 174 cm³/mol. The van der Waals surface area contributed by atoms with Gasteiger partial charge in [-0.3, -0.25) is 18.8 Å². The van der Waals surface area contributed by atoms with Gasteiger partial charge in [-0.25, -0.2) is 12.8 Å². The summed E-state index contributed by atoms with van der Waals surface area (Å²) in [6.07, 6.45) is 1.77. The second-order valence-corrected chi connectivity index (χ2v) is 16.7. The Hall–Kier alpha value is -3.45. The van der Waals surface area contributed by atoms with Crippen molar-refractivity contribution in [1.82, 2.24) is 4.98 Å². The van der Waals surface area contributed by atoms with Crippen LogP contribution in [-0.2, 0) is 16.6 Å². The van der Waals surface area contributed by atoms with E-state index in [-0.39, 0.29) is 52.6 Å². The maximum atomic E-state index is 13.5. The fraction of sp³-hybridized carbons (Fsp3) is 0.241. The van der Waals surface area contributed by atoms with Crippen molar-refractivity contribution in [3.05, 3.63) is 82.8 Å². The van der Waals surface area contributed by atoms with Gasteiger partial charge in [-0.05, 0) is 66.1 Å². The Morgan fingerprint density at radius 3 is 2.68 bits per heavy atom. The van der Waals surface area contributed by atoms with Crippen LogP contribution < -0.4 is 19.5 Å². The molecule has 2 heterocycles. The third-order valence-electron chi connectivity index (χ3n) is 6.54. The van der Waals surface area contributed by atoms with Crippen LogP contribution >= 0.6 is 32.0 Å². The van der Waals surface area contributed by atoms with Crippen LogP contribution in [0, 0.1) is 17.1 Å². The van der Waals surface area contributed by atoms with Crippen molar-refractivity contribution in [3.63, 3.8) is 0 Å². The fourth-order valence-corrected chi connectivity index (χ4v) is 11.0. The highest BCUT2D eigenvalue weighted by Crippen LogP contribution is 2.61. The highest BCUT2D eigenvalue weighted by atomic mass is 35.5. The number of nitrogens with zero attached hydrogens (tertiary/aromatic N) is 2. The molecule has 0 spiro atoms. The van der Waals surface area contributed by atoms with Crippen LogP contribution in [0.2, 0.25) is 5.02 Å². The van der Waals surface area contributed by atoms with Crippen LogP contribution in [0.25, 0.3) is 10.9 Å². The molecule has 1 aromatic heterocycles. The number of benzene rings is 3. The molecule has 15 heteroatoms. The van der Waals surface area contributed by atoms with E-state index in [1.165, 1.54) is 18.3 Å². The van der Waals surface area contributed by atoms with Gasteiger partial charge >= 0.3 is 0 Å². The zero-order valence-corrected chi connectivity index (χ0v) is 26.5. The van der Waals surface area contributed by atoms with Crippen molar-refractivity contribution >= 4 is 70.0 Å². The lowest BCUT2D eigenvalue weighted by Crippen LogP contribution is -2.23. The fourth-order valence-electron chi connectivity index (χ4n) is 4.59. The average molecular weight is 679 g/mol. The second-order valence-electron chi connectivity index (χ2n) is 9.85. The van der Waals surface area contributed by atoms with Crippen molar-refractivity contribution in [1.29, 1.82) is 5.26 Å². The summed E-state index contributed by atoms with van der Waals surface area (Å²) in [5.41, 5.74) is 2.31. The topological polar surface area (TPSA) is 154 Å². The third kappa shape index (κ3) is 7.79. The smallest absolute Gasteiger partial charge is 0.234 e. The van der Waals surface area contributed by atoms with Crippen molar-refractivity contribution in [3.8, 4) is 17.6 Å². The van der Waals surface area contributed by atoms with E-state index in [1.54, 1.807) is 49.4 Å². The lowest BCUT2D eigenvalue weighted by atomic mass is 10.1. The maximum absolute atomic E-state index is 13.5. The molecule has 0 saturated carbocycles. The number of rotatable bonds is 11. The first-order valence-corrected chi connectivity index (χ1v) is 18.5. The van der Waals surface area contributed by atoms with Gasteiger partial charge < -0.3 is 14.8 Å². The van der Waals surface area contributed by atoms with E-state index in [0.717, 1.165) is 10.8 Å². The molecule has 0 amide bonds. The Balaban J connectivity index is 1.43. The van der Waals surface area contributed by atoms with E-state index >= 15 is 0 Å². The number of pyridine rings is 1. The number of fused-ring (bicyclic) bond motifs is 1. The van der Waals surface area contributed by atoms with Gasteiger partial charge in [-0.2, -0.15) is 5.26 Å². The third-order valence-corrected chi connectivity index (χ3v) is 12.4. The Labute approximate surface area is 264 Å². The SMILES string of the molecule is CCOc1cc2ncc(C#N)c(Nc3ccc(OCc4cccc(F)c4)c(Cl)c3)c2cc1NS(=O)(=O)CC1CCS(O)(O)S1. The molecule has 1 unspecified atom stereocenters. The Kier molecular flexibility index (Phi) is 9.64. The number of anilines is 3. The molecule has 0 bridgehead atoms. The lowest BCUT2D eigenvalue weighted by molar-refractivity contribution is 0.306. The number of hydrogen-bond acceptors (Lipinski definition) is 10. The van der Waals surface area contributed by atoms with E-state index in [0.29, 0.717) is 40.0 Å². The first kappa shape index (κ1) is 32.0. The second kappa shape index (κ2) is 13.3. The van der Waals surface area contributed by atoms with Gasteiger partial charge in [0, 0.05) is 34.3 Å². The van der Waals surface area contributed by atoms with Crippen LogP contribution in [0.15, 0.2) is 60.8 Å². The van der Waals surface area contributed by atoms with Crippen LogP contribution in [-0.4, -0.2) is 45.9 Å². The molecule has 1 atom stereocenters. The Morgan fingerprint density at radius 1 is 1.18 bits per heavy atom. The average Bonchev–Trinajstić information content (AvgIpc) is 3.30. The van der Waals surface area contributed by atoms with E-state index in [1.807, 2.05) is 0 Å². The number of ether oxygens (including phenoxy) is 2. The summed E-state index contributed by atoms with van der Waals surface area (Å²) >= 11 is 6.48. The minimum Gasteiger partial charge on any atom is -0.492 e. The monoisotopic (exact) mass is 678 g/mol. The summed E-state index contributed by atoms with van der Waals surface area (Å²) in [4.78, 5) is 4.38. The maximum Gasteiger partial charge on any atom is 0.234 e. The Morgan fingerprint density at radius 2 is 2.00 bits per heavy atom. The van der Waals surface area contributed by atoms with Gasteiger partial charge in [0.05, 0.1) is 39.8 Å². The zero-order chi connectivity index (χ0) is 31.5. The molecule has 1 aliphatic heterocycles. The molecule has 4 N–H and O–H groups in total. The van der Waals surface area contributed by atoms with E-state index in [2.05, 4.69) is 21.1 Å². The van der Waals surface area contributed by atoms with Gasteiger partial charge in [0.2, 0.25) is 10.0 Å². The van der Waals surface area contributed by atoms with Crippen molar-refractivity contribution in [2.45, 2.75) is 25.2 Å². The molecule has 232 valence electrons. The van der Waals surface area contributed by atoms with E-state index < -0.39 is 24.9 Å². The largest absolute Gasteiger partial charge is 0.492 e. The van der Waals surface area contributed by atoms with E-state index in [9.17, 15) is 27.2 Å². The summed E-state index contributed by atoms with van der Waals surface area (Å²) in [5, 5.41) is 13.3. The summed E-state index contributed by atoms with van der Waals surface area (Å²) in [5.74, 6) is 0.0938. The summed E-state index contributed by atoms with van der Waals surface area (Å²) in [6, 6.07) is 16.2. The molecule has 4 aromatic rings. The summed E-state index contributed by atoms with van der Waals surface area (Å²) in [6.45, 7) is 2.13. The molecule has 1 fully saturated rings. The number of nitriles is 1. The van der Waals surface area contributed by atoms with E-state index in [4.69, 9.17) is 21.1 Å². The van der Waals surface area contributed by atoms with Crippen LogP contribution in [0.3, 0.4) is 0 Å². The molecule has 0 radical (unpaired) electrons. The lowest BCUT2D eigenvalue weighted by Gasteiger charge is -2.24. The molecular weight excluding hydrogens is 651 g/mol. The van der Waals surface area contributed by atoms with Crippen LogP contribution in [0.5, 0.6) is 11.5 Å². The molecule has 5 rings (SSSR count). The normalized spacial score (nSPS) is 16.7. The van der Waals surface area contributed by atoms with Crippen molar-refractivity contribution in [2.75, 3.05) is 28.2 Å². The van der Waals surface area contributed by atoms with Crippen molar-refractivity contribution in [2.24, 2.45) is 0 Å². The molecule has 44 heavy (non-hydrogen) atoms. The quantitative estimate of drug-likeness (QED) is 0.117. The van der Waals surface area contributed by atoms with Crippen LogP contribution in [0.4, 0.5) is 21.5 Å². The molecule has 1 aliphatic rings. The number of sulfonamides is 1. The number of halogens is 2. The predicted octanol–water partition coefficient (Wildman–Crippen LogP) is 7.53. The standard InChI is InChI=1S/C29H28ClFN4O6S3/c1-2-40-28-13-25-23(12-26(28)35-43(36,37)17-22-8-9-44(38,39)42-22)29(19(14-32)15-33-25)34-21-6-7-27(24(30)11-21)41-16-18-4-3-5-20(31)10-18/h3-7,10-13,15,22,35,38-39H,2,8-9,16-17H2,1H3,(H,33,34). The first-order chi connectivity index (χ1) is 20.9. The minimum atomic E-state index is -3.92. The molecule has 3 aromatic carbocycles. The summed E-state index contributed by atoms with van der Waals surface area (Å²) in [7, 11) is -5.86. The molecule has 0 aliphatic carbocycles. The molecular formula is C29H28ClFN4O6S3. The molecule has 10 nitrogen and oxygen atoms in total. The number of aromatic nitrogens is 1. The van der Waals surface area contributed by atoms with Gasteiger partial charge in [0.1, 0.15) is 30.0 Å². The summed E-state index contributed by atoms with van der Waals surface area (Å²) < 4.78 is 73.6. The van der Waals surface area contributed by atoms with Crippen molar-refractivity contribution < 1.29 is 31.4 Å². The van der Waals surface area contributed by atoms with Gasteiger partial charge in [0.15, 0.2) is 0 Å². The van der Waals surface area contributed by atoms with Crippen LogP contribution in [0.1, 0.15) is 24.5 Å². The highest BCUT2D eigenvalue weighted by molar-refractivity contribution is 8.90. The zero-order valence-electron chi connectivity index (χ0n) is 23.3. The molecule has 1 saturated heterocycles. The number of nitrogens with one attached hydrogen (secondary N) is 2. The minimum absolute atomic E-state index is 0.111. The van der Waals surface area contributed by atoms with Gasteiger partial charge in [-0.1, -0.05) is 23.7 Å². The number of hydrogen-bond donors (Lipinski definition) is 4. The van der Waals surface area contributed by atoms with Gasteiger partial charge in [0.25, 0.3) is 0 Å².